The van der Waals surface area contributed by atoms with Crippen molar-refractivity contribution < 1.29 is 9.53 Å². The summed E-state index contributed by atoms with van der Waals surface area (Å²) in [6.45, 7) is 2.60. The van der Waals surface area contributed by atoms with Gasteiger partial charge in [-0.1, -0.05) is 30.1 Å². The zero-order valence-corrected chi connectivity index (χ0v) is 7.28. The van der Waals surface area contributed by atoms with Crippen LogP contribution >= 0.6 is 23.2 Å². The molecule has 10 heavy (non-hydrogen) atoms. The maximum absolute atomic E-state index is 10.1. The van der Waals surface area contributed by atoms with E-state index in [2.05, 4.69) is 0 Å². The van der Waals surface area contributed by atoms with Gasteiger partial charge in [-0.15, -0.1) is 0 Å². The lowest BCUT2D eigenvalue weighted by Crippen LogP contribution is -2.22. The van der Waals surface area contributed by atoms with E-state index in [0.29, 0.717) is 12.9 Å². The van der Waals surface area contributed by atoms with Crippen molar-refractivity contribution in [1.82, 2.24) is 0 Å². The third-order valence-electron chi connectivity index (χ3n) is 0.815. The first-order valence-corrected chi connectivity index (χ1v) is 3.80. The molecule has 0 amide bonds. The Bertz CT molecular complexity index is 104. The smallest absolute Gasteiger partial charge is 0.195 e. The van der Waals surface area contributed by atoms with Crippen LogP contribution in [0.3, 0.4) is 0 Å². The molecule has 0 aromatic rings. The largest absolute Gasteiger partial charge is 0.378 e. The fourth-order valence-electron chi connectivity index (χ4n) is 0.387. The van der Waals surface area contributed by atoms with Crippen molar-refractivity contribution in [2.75, 3.05) is 13.2 Å². The van der Waals surface area contributed by atoms with Crippen LogP contribution in [0.1, 0.15) is 13.3 Å². The Morgan fingerprint density at radius 1 is 1.60 bits per heavy atom. The van der Waals surface area contributed by atoms with E-state index in [1.165, 1.54) is 0 Å². The maximum Gasteiger partial charge on any atom is 0.195 e. The molecule has 60 valence electrons. The first-order valence-electron chi connectivity index (χ1n) is 3.04. The van der Waals surface area contributed by atoms with Crippen molar-refractivity contribution in [3.8, 4) is 0 Å². The van der Waals surface area contributed by atoms with Crippen LogP contribution in [0.2, 0.25) is 0 Å². The number of aldehydes is 1. The van der Waals surface area contributed by atoms with Gasteiger partial charge >= 0.3 is 0 Å². The molecular weight excluding hydrogens is 175 g/mol. The number of carbonyl (C=O) groups excluding carboxylic acids is 1. The molecule has 0 atom stereocenters. The van der Waals surface area contributed by atoms with Crippen LogP contribution < -0.4 is 0 Å². The van der Waals surface area contributed by atoms with Gasteiger partial charge in [-0.25, -0.2) is 0 Å². The molecule has 0 bridgehead atoms. The van der Waals surface area contributed by atoms with E-state index >= 15 is 0 Å². The third kappa shape index (κ3) is 5.03. The molecule has 0 saturated heterocycles. The van der Waals surface area contributed by atoms with Gasteiger partial charge in [0.05, 0.1) is 6.61 Å². The number of halogens is 2. The molecule has 0 aliphatic heterocycles. The Hall–Kier alpha value is 0.210. The first-order chi connectivity index (χ1) is 4.62. The van der Waals surface area contributed by atoms with Gasteiger partial charge in [0.2, 0.25) is 0 Å². The fourth-order valence-corrected chi connectivity index (χ4v) is 0.541. The van der Waals surface area contributed by atoms with Crippen molar-refractivity contribution in [2.24, 2.45) is 0 Å². The van der Waals surface area contributed by atoms with Crippen LogP contribution in [-0.2, 0) is 9.53 Å². The zero-order chi connectivity index (χ0) is 8.04. The Kier molecular flexibility index (Phi) is 5.04. The number of hydrogen-bond donors (Lipinski definition) is 0. The SMILES string of the molecule is CCCOCC(Cl)(Cl)C=O. The van der Waals surface area contributed by atoms with Crippen LogP contribution in [0.4, 0.5) is 0 Å². The normalized spacial score (nSPS) is 11.5. The Morgan fingerprint density at radius 3 is 2.60 bits per heavy atom. The summed E-state index contributed by atoms with van der Waals surface area (Å²) >= 11 is 10.9. The lowest BCUT2D eigenvalue weighted by atomic mass is 10.5. The highest BCUT2D eigenvalue weighted by Gasteiger charge is 2.22. The van der Waals surface area contributed by atoms with E-state index in [4.69, 9.17) is 27.9 Å². The quantitative estimate of drug-likeness (QED) is 0.370. The van der Waals surface area contributed by atoms with E-state index in [1.807, 2.05) is 6.92 Å². The van der Waals surface area contributed by atoms with Crippen molar-refractivity contribution in [3.63, 3.8) is 0 Å². The summed E-state index contributed by atoms with van der Waals surface area (Å²) in [4.78, 5) is 10.1. The number of rotatable bonds is 5. The molecule has 0 radical (unpaired) electrons. The molecule has 4 heteroatoms. The summed E-state index contributed by atoms with van der Waals surface area (Å²) < 4.78 is 3.58. The number of carbonyl (C=O) groups is 1. The number of hydrogen-bond acceptors (Lipinski definition) is 2. The Morgan fingerprint density at radius 2 is 2.20 bits per heavy atom. The highest BCUT2D eigenvalue weighted by Crippen LogP contribution is 2.17. The van der Waals surface area contributed by atoms with Crippen molar-refractivity contribution in [1.29, 1.82) is 0 Å². The van der Waals surface area contributed by atoms with Gasteiger partial charge in [0, 0.05) is 6.61 Å². The van der Waals surface area contributed by atoms with E-state index in [9.17, 15) is 4.79 Å². The van der Waals surface area contributed by atoms with Gasteiger partial charge in [-0.05, 0) is 6.42 Å². The highest BCUT2D eigenvalue weighted by molar-refractivity contribution is 6.55. The minimum atomic E-state index is -1.37. The maximum atomic E-state index is 10.1. The summed E-state index contributed by atoms with van der Waals surface area (Å²) in [5.41, 5.74) is 0. The zero-order valence-electron chi connectivity index (χ0n) is 5.77. The Balaban J connectivity index is 3.37. The molecule has 0 saturated carbocycles. The predicted molar refractivity (Wildman–Crippen MR) is 41.6 cm³/mol. The second kappa shape index (κ2) is 4.94. The van der Waals surface area contributed by atoms with Crippen molar-refractivity contribution >= 4 is 29.5 Å². The summed E-state index contributed by atoms with van der Waals surface area (Å²) in [6, 6.07) is 0. The highest BCUT2D eigenvalue weighted by atomic mass is 35.5. The van der Waals surface area contributed by atoms with Crippen molar-refractivity contribution in [3.05, 3.63) is 0 Å². The molecule has 2 nitrogen and oxygen atoms in total. The molecule has 0 aromatic carbocycles. The molecule has 0 heterocycles. The molecule has 0 N–H and O–H groups in total. The van der Waals surface area contributed by atoms with Gasteiger partial charge in [0.15, 0.2) is 10.6 Å². The average molecular weight is 185 g/mol. The molecule has 0 aromatic heterocycles. The standard InChI is InChI=1S/C6H10Cl2O2/c1-2-3-10-5-6(7,8)4-9/h4H,2-3,5H2,1H3. The second-order valence-corrected chi connectivity index (χ2v) is 3.47. The van der Waals surface area contributed by atoms with Gasteiger partial charge in [0.25, 0.3) is 0 Å². The van der Waals surface area contributed by atoms with Crippen LogP contribution in [0, 0.1) is 0 Å². The predicted octanol–water partition coefficient (Wildman–Crippen LogP) is 1.79. The minimum Gasteiger partial charge on any atom is -0.378 e. The van der Waals surface area contributed by atoms with Crippen LogP contribution in [-0.4, -0.2) is 23.8 Å². The molecule has 0 aliphatic rings. The molecule has 0 aliphatic carbocycles. The lowest BCUT2D eigenvalue weighted by molar-refractivity contribution is -0.109. The molecule has 0 rings (SSSR count). The van der Waals surface area contributed by atoms with Crippen LogP contribution in [0.25, 0.3) is 0 Å². The number of alkyl halides is 2. The van der Waals surface area contributed by atoms with E-state index in [-0.39, 0.29) is 6.61 Å². The monoisotopic (exact) mass is 184 g/mol. The number of ether oxygens (including phenoxy) is 1. The van der Waals surface area contributed by atoms with Gasteiger partial charge in [-0.2, -0.15) is 0 Å². The summed E-state index contributed by atoms with van der Waals surface area (Å²) in [7, 11) is 0. The van der Waals surface area contributed by atoms with Gasteiger partial charge in [0.1, 0.15) is 0 Å². The molecular formula is C6H10Cl2O2. The summed E-state index contributed by atoms with van der Waals surface area (Å²) in [5.74, 6) is 0. The van der Waals surface area contributed by atoms with E-state index in [1.54, 1.807) is 0 Å². The van der Waals surface area contributed by atoms with Crippen molar-refractivity contribution in [2.45, 2.75) is 17.7 Å². The summed E-state index contributed by atoms with van der Waals surface area (Å²) in [5, 5.41) is 0. The van der Waals surface area contributed by atoms with Gasteiger partial charge in [-0.3, -0.25) is 4.79 Å². The topological polar surface area (TPSA) is 26.3 Å². The Labute approximate surface area is 70.4 Å². The van der Waals surface area contributed by atoms with E-state index < -0.39 is 4.33 Å². The molecule has 0 fully saturated rings. The fraction of sp³-hybridized carbons (Fsp3) is 0.833. The lowest BCUT2D eigenvalue weighted by Gasteiger charge is -2.10. The molecule has 0 unspecified atom stereocenters. The van der Waals surface area contributed by atoms with Crippen LogP contribution in [0.15, 0.2) is 0 Å². The first kappa shape index (κ1) is 10.2. The van der Waals surface area contributed by atoms with E-state index in [0.717, 1.165) is 6.42 Å². The summed E-state index contributed by atoms with van der Waals surface area (Å²) in [6.07, 6.45) is 1.36. The van der Waals surface area contributed by atoms with Gasteiger partial charge < -0.3 is 4.74 Å². The minimum absolute atomic E-state index is 0.0629. The average Bonchev–Trinajstić information content (AvgIpc) is 1.89. The second-order valence-electron chi connectivity index (χ2n) is 1.93. The third-order valence-corrected chi connectivity index (χ3v) is 1.21. The van der Waals surface area contributed by atoms with Crippen LogP contribution in [0.5, 0.6) is 0 Å². The molecule has 0 spiro atoms.